The first-order valence-corrected chi connectivity index (χ1v) is 4.32. The second-order valence-electron chi connectivity index (χ2n) is 3.57. The molecule has 12 heavy (non-hydrogen) atoms. The lowest BCUT2D eigenvalue weighted by atomic mass is 9.92. The summed E-state index contributed by atoms with van der Waals surface area (Å²) in [5, 5.41) is 0. The standard InChI is InChI=1S/C8H16F2N2/c1-12-4-2-3-7(5-12)8(9,10)6-11/h7H,2-6,11H2,1H3. The van der Waals surface area contributed by atoms with Crippen LogP contribution in [0.1, 0.15) is 12.8 Å². The quantitative estimate of drug-likeness (QED) is 0.681. The van der Waals surface area contributed by atoms with E-state index in [4.69, 9.17) is 5.73 Å². The molecule has 2 nitrogen and oxygen atoms in total. The van der Waals surface area contributed by atoms with Gasteiger partial charge < -0.3 is 10.6 Å². The molecule has 0 saturated carbocycles. The van der Waals surface area contributed by atoms with Crippen LogP contribution < -0.4 is 5.73 Å². The minimum Gasteiger partial charge on any atom is -0.325 e. The zero-order valence-corrected chi connectivity index (χ0v) is 7.39. The Morgan fingerprint density at radius 3 is 2.75 bits per heavy atom. The first-order valence-electron chi connectivity index (χ1n) is 4.32. The van der Waals surface area contributed by atoms with Gasteiger partial charge in [-0.1, -0.05) is 0 Å². The lowest BCUT2D eigenvalue weighted by molar-refractivity contribution is -0.0709. The van der Waals surface area contributed by atoms with Crippen molar-refractivity contribution in [1.82, 2.24) is 4.90 Å². The lowest BCUT2D eigenvalue weighted by Gasteiger charge is -2.34. The van der Waals surface area contributed by atoms with E-state index in [9.17, 15) is 8.78 Å². The Kier molecular flexibility index (Phi) is 3.01. The van der Waals surface area contributed by atoms with Crippen molar-refractivity contribution < 1.29 is 8.78 Å². The molecule has 0 radical (unpaired) electrons. The number of hydrogen-bond donors (Lipinski definition) is 1. The number of halogens is 2. The summed E-state index contributed by atoms with van der Waals surface area (Å²) in [6, 6.07) is 0. The van der Waals surface area contributed by atoms with Gasteiger partial charge >= 0.3 is 0 Å². The molecule has 1 heterocycles. The molecule has 0 aromatic rings. The van der Waals surface area contributed by atoms with Crippen molar-refractivity contribution in [2.45, 2.75) is 18.8 Å². The number of rotatable bonds is 2. The highest BCUT2D eigenvalue weighted by Gasteiger charge is 2.39. The fourth-order valence-electron chi connectivity index (χ4n) is 1.68. The zero-order chi connectivity index (χ0) is 9.19. The summed E-state index contributed by atoms with van der Waals surface area (Å²) in [5.41, 5.74) is 5.01. The van der Waals surface area contributed by atoms with Gasteiger partial charge in [-0.3, -0.25) is 0 Å². The van der Waals surface area contributed by atoms with Crippen LogP contribution in [0, 0.1) is 5.92 Å². The molecule has 4 heteroatoms. The van der Waals surface area contributed by atoms with Crippen LogP contribution in [-0.2, 0) is 0 Å². The average molecular weight is 178 g/mol. The summed E-state index contributed by atoms with van der Waals surface area (Å²) in [5.74, 6) is -3.21. The van der Waals surface area contributed by atoms with Crippen molar-refractivity contribution in [2.75, 3.05) is 26.7 Å². The summed E-state index contributed by atoms with van der Waals surface area (Å²) in [7, 11) is 1.87. The van der Waals surface area contributed by atoms with Gasteiger partial charge in [0.25, 0.3) is 5.92 Å². The van der Waals surface area contributed by atoms with Gasteiger partial charge in [-0.05, 0) is 26.4 Å². The molecule has 0 bridgehead atoms. The van der Waals surface area contributed by atoms with Gasteiger partial charge in [0, 0.05) is 12.5 Å². The van der Waals surface area contributed by atoms with Gasteiger partial charge in [-0.2, -0.15) is 0 Å². The molecular formula is C8H16F2N2. The molecular weight excluding hydrogens is 162 g/mol. The van der Waals surface area contributed by atoms with Crippen LogP contribution in [0.3, 0.4) is 0 Å². The molecule has 1 aliphatic rings. The molecule has 1 atom stereocenters. The van der Waals surface area contributed by atoms with E-state index in [1.165, 1.54) is 0 Å². The largest absolute Gasteiger partial charge is 0.325 e. The number of likely N-dealkylation sites (tertiary alicyclic amines) is 1. The lowest BCUT2D eigenvalue weighted by Crippen LogP contribution is -2.45. The maximum atomic E-state index is 13.1. The van der Waals surface area contributed by atoms with Gasteiger partial charge in [-0.15, -0.1) is 0 Å². The fraction of sp³-hybridized carbons (Fsp3) is 1.00. The average Bonchev–Trinajstić information content (AvgIpc) is 2.05. The first-order chi connectivity index (χ1) is 5.56. The van der Waals surface area contributed by atoms with Crippen molar-refractivity contribution in [3.8, 4) is 0 Å². The number of nitrogens with zero attached hydrogens (tertiary/aromatic N) is 1. The summed E-state index contributed by atoms with van der Waals surface area (Å²) in [4.78, 5) is 1.94. The summed E-state index contributed by atoms with van der Waals surface area (Å²) in [6.45, 7) is 0.882. The highest BCUT2D eigenvalue weighted by Crippen LogP contribution is 2.30. The molecule has 1 unspecified atom stereocenters. The fourth-order valence-corrected chi connectivity index (χ4v) is 1.68. The number of nitrogens with two attached hydrogens (primary N) is 1. The van der Waals surface area contributed by atoms with Crippen LogP contribution in [0.4, 0.5) is 8.78 Å². The van der Waals surface area contributed by atoms with Crippen LogP contribution in [0.5, 0.6) is 0 Å². The third-order valence-electron chi connectivity index (χ3n) is 2.49. The van der Waals surface area contributed by atoms with Gasteiger partial charge in [0.2, 0.25) is 0 Å². The van der Waals surface area contributed by atoms with Gasteiger partial charge in [0.15, 0.2) is 0 Å². The van der Waals surface area contributed by atoms with Crippen molar-refractivity contribution in [1.29, 1.82) is 0 Å². The highest BCUT2D eigenvalue weighted by atomic mass is 19.3. The van der Waals surface area contributed by atoms with E-state index in [2.05, 4.69) is 0 Å². The predicted molar refractivity (Wildman–Crippen MR) is 44.2 cm³/mol. The van der Waals surface area contributed by atoms with Gasteiger partial charge in [0.1, 0.15) is 0 Å². The summed E-state index contributed by atoms with van der Waals surface area (Å²) < 4.78 is 26.1. The predicted octanol–water partition coefficient (Wildman–Crippen LogP) is 0.922. The topological polar surface area (TPSA) is 29.3 Å². The van der Waals surface area contributed by atoms with E-state index < -0.39 is 18.4 Å². The summed E-state index contributed by atoms with van der Waals surface area (Å²) >= 11 is 0. The van der Waals surface area contributed by atoms with Crippen molar-refractivity contribution in [3.05, 3.63) is 0 Å². The van der Waals surface area contributed by atoms with E-state index in [1.54, 1.807) is 0 Å². The molecule has 0 spiro atoms. The number of piperidine rings is 1. The molecule has 0 aromatic carbocycles. The van der Waals surface area contributed by atoms with Crippen LogP contribution >= 0.6 is 0 Å². The monoisotopic (exact) mass is 178 g/mol. The van der Waals surface area contributed by atoms with Gasteiger partial charge in [0.05, 0.1) is 6.54 Å². The number of hydrogen-bond acceptors (Lipinski definition) is 2. The van der Waals surface area contributed by atoms with E-state index in [-0.39, 0.29) is 0 Å². The van der Waals surface area contributed by atoms with E-state index >= 15 is 0 Å². The minimum atomic E-state index is -2.67. The van der Waals surface area contributed by atoms with Crippen molar-refractivity contribution >= 4 is 0 Å². The Balaban J connectivity index is 2.50. The third-order valence-corrected chi connectivity index (χ3v) is 2.49. The molecule has 1 fully saturated rings. The van der Waals surface area contributed by atoms with Crippen LogP contribution in [0.15, 0.2) is 0 Å². The smallest absolute Gasteiger partial charge is 0.264 e. The Bertz CT molecular complexity index is 150. The Morgan fingerprint density at radius 1 is 1.58 bits per heavy atom. The second kappa shape index (κ2) is 3.66. The maximum absolute atomic E-state index is 13.1. The SMILES string of the molecule is CN1CCCC(C(F)(F)CN)C1. The molecule has 2 N–H and O–H groups in total. The molecule has 1 saturated heterocycles. The third kappa shape index (κ3) is 2.14. The maximum Gasteiger partial charge on any atom is 0.264 e. The molecule has 0 aliphatic carbocycles. The van der Waals surface area contributed by atoms with E-state index in [0.717, 1.165) is 13.0 Å². The van der Waals surface area contributed by atoms with Crippen LogP contribution in [-0.4, -0.2) is 37.5 Å². The minimum absolute atomic E-state index is 0.476. The van der Waals surface area contributed by atoms with Crippen LogP contribution in [0.25, 0.3) is 0 Å². The van der Waals surface area contributed by atoms with Crippen LogP contribution in [0.2, 0.25) is 0 Å². The molecule has 0 aromatic heterocycles. The highest BCUT2D eigenvalue weighted by molar-refractivity contribution is 4.83. The Hall–Kier alpha value is -0.220. The van der Waals surface area contributed by atoms with Crippen molar-refractivity contribution in [3.63, 3.8) is 0 Å². The summed E-state index contributed by atoms with van der Waals surface area (Å²) in [6.07, 6.45) is 1.46. The zero-order valence-electron chi connectivity index (χ0n) is 7.39. The Morgan fingerprint density at radius 2 is 2.25 bits per heavy atom. The van der Waals surface area contributed by atoms with E-state index in [1.807, 2.05) is 11.9 Å². The van der Waals surface area contributed by atoms with Gasteiger partial charge in [-0.25, -0.2) is 8.78 Å². The number of alkyl halides is 2. The molecule has 1 aliphatic heterocycles. The second-order valence-corrected chi connectivity index (χ2v) is 3.57. The normalized spacial score (nSPS) is 27.5. The first kappa shape index (κ1) is 9.86. The Labute approximate surface area is 71.7 Å². The van der Waals surface area contributed by atoms with E-state index in [0.29, 0.717) is 13.0 Å². The molecule has 1 rings (SSSR count). The molecule has 72 valence electrons. The van der Waals surface area contributed by atoms with Crippen molar-refractivity contribution in [2.24, 2.45) is 11.7 Å². The molecule has 0 amide bonds.